The second-order valence-corrected chi connectivity index (χ2v) is 31.1. The Morgan fingerprint density at radius 2 is 0.588 bits per heavy atom. The van der Waals surface area contributed by atoms with Gasteiger partial charge >= 0.3 is 0 Å². The van der Waals surface area contributed by atoms with E-state index in [-0.39, 0.29) is 0 Å². The maximum absolute atomic E-state index is 5.26. The third kappa shape index (κ3) is 10.5. The normalized spacial score (nSPS) is 11.9. The topological polar surface area (TPSA) is 84.2 Å². The van der Waals surface area contributed by atoms with E-state index in [1.54, 1.807) is 0 Å². The Morgan fingerprint density at radius 3 is 1.12 bits per heavy atom. The molecular weight excluding hydrogens is 1430 g/mol. The molecule has 0 spiro atoms. The lowest BCUT2D eigenvalue weighted by Gasteiger charge is -2.12. The average Bonchev–Trinajstić information content (AvgIpc) is 1.57. The van der Waals surface area contributed by atoms with E-state index in [0.717, 1.165) is 83.0 Å². The van der Waals surface area contributed by atoms with Crippen LogP contribution in [0.2, 0.25) is 0 Å². The molecule has 0 N–H and O–H groups in total. The summed E-state index contributed by atoms with van der Waals surface area (Å²) in [6.07, 6.45) is 0. The first-order chi connectivity index (χ1) is 56.5. The number of aromatic nitrogens is 9. The first kappa shape index (κ1) is 65.2. The highest BCUT2D eigenvalue weighted by molar-refractivity contribution is 7.26. The van der Waals surface area contributed by atoms with Gasteiger partial charge in [0.1, 0.15) is 0 Å². The van der Waals surface area contributed by atoms with Crippen molar-refractivity contribution in [2.75, 3.05) is 0 Å². The maximum atomic E-state index is 5.26. The maximum Gasteiger partial charge on any atom is 0.238 e. The lowest BCUT2D eigenvalue weighted by molar-refractivity contribution is 0.953. The van der Waals surface area contributed by atoms with Crippen LogP contribution in [0.3, 0.4) is 0 Å². The number of fused-ring (bicyclic) bond motifs is 18. The van der Waals surface area contributed by atoms with E-state index in [1.807, 2.05) is 95.5 Å². The number of para-hydroxylation sites is 4. The molecule has 9 nitrogen and oxygen atoms in total. The third-order valence-corrected chi connectivity index (χ3v) is 24.9. The smallest absolute Gasteiger partial charge is 0.238 e. The summed E-state index contributed by atoms with van der Waals surface area (Å²) >= 11 is 3.72. The van der Waals surface area contributed by atoms with Crippen LogP contribution in [-0.2, 0) is 0 Å². The van der Waals surface area contributed by atoms with Gasteiger partial charge in [-0.15, -0.1) is 22.7 Å². The zero-order valence-electron chi connectivity index (χ0n) is 61.2. The minimum absolute atomic E-state index is 0.583. The van der Waals surface area contributed by atoms with Gasteiger partial charge in [0, 0.05) is 107 Å². The van der Waals surface area contributed by atoms with Crippen molar-refractivity contribution in [1.29, 1.82) is 0 Å². The van der Waals surface area contributed by atoms with E-state index in [1.165, 1.54) is 112 Å². The van der Waals surface area contributed by atoms with E-state index in [4.69, 9.17) is 24.9 Å². The van der Waals surface area contributed by atoms with Gasteiger partial charge in [0.25, 0.3) is 0 Å². The van der Waals surface area contributed by atoms with Crippen LogP contribution in [0, 0.1) is 0 Å². The zero-order valence-corrected chi connectivity index (χ0v) is 62.8. The van der Waals surface area contributed by atoms with Crippen LogP contribution in [0.5, 0.6) is 0 Å². The molecule has 114 heavy (non-hydrogen) atoms. The lowest BCUT2D eigenvalue weighted by atomic mass is 9.98. The molecule has 0 radical (unpaired) electrons. The van der Waals surface area contributed by atoms with Crippen LogP contribution < -0.4 is 0 Å². The molecular formula is C103H63N9S2. The molecule has 532 valence electrons. The van der Waals surface area contributed by atoms with Crippen molar-refractivity contribution < 1.29 is 0 Å². The minimum Gasteiger partial charge on any atom is -0.309 e. The number of hydrogen-bond donors (Lipinski definition) is 0. The van der Waals surface area contributed by atoms with Crippen molar-refractivity contribution in [3.05, 3.63) is 382 Å². The minimum atomic E-state index is 0.583. The Balaban J connectivity index is 0.000000135. The molecule has 0 aliphatic heterocycles. The fourth-order valence-electron chi connectivity index (χ4n) is 17.5. The largest absolute Gasteiger partial charge is 0.309 e. The highest BCUT2D eigenvalue weighted by Crippen LogP contribution is 2.47. The molecule has 0 saturated carbocycles. The third-order valence-electron chi connectivity index (χ3n) is 22.5. The van der Waals surface area contributed by atoms with E-state index in [2.05, 4.69) is 328 Å². The molecule has 8 aromatic heterocycles. The average molecular weight is 1490 g/mol. The molecule has 0 aliphatic rings. The van der Waals surface area contributed by atoms with Crippen molar-refractivity contribution in [3.8, 4) is 90.8 Å². The second-order valence-electron chi connectivity index (χ2n) is 29.0. The summed E-state index contributed by atoms with van der Waals surface area (Å²) in [4.78, 5) is 25.8. The van der Waals surface area contributed by atoms with Crippen LogP contribution in [0.4, 0.5) is 0 Å². The van der Waals surface area contributed by atoms with Crippen LogP contribution >= 0.6 is 22.7 Å². The van der Waals surface area contributed by atoms with Crippen molar-refractivity contribution in [1.82, 2.24) is 43.2 Å². The van der Waals surface area contributed by atoms with Crippen LogP contribution in [0.1, 0.15) is 0 Å². The molecule has 0 atom stereocenters. The predicted octanol–water partition coefficient (Wildman–Crippen LogP) is 27.5. The second kappa shape index (κ2) is 26.5. The standard InChI is InChI=1S/C52H32N4S.C51H31N5S/c1-3-14-33(15-4-1)43-32-44(34-16-5-2-6-17-34)54-52(53-43)56-46-23-11-8-20-40(46)51-37(21-13-24-48(51)56)35-26-28-47-41(30-35)38-18-7-10-22-45(38)55(47)36-27-29-50-42(31-36)39-19-9-12-25-49(39)57-50;1-3-15-32(16-4-1)49-52-50(33-17-5-2-6-18-33)54-51(53-49)56-42-25-11-8-21-39(42)47-35(22-13-26-44(47)56)34-29-30-43-40(31-34)36-19-7-10-24-41(36)55(43)45-27-14-23-38-37-20-9-12-28-46(37)57-48(38)45/h1-32H;1-31H. The Kier molecular flexibility index (Phi) is 15.1. The van der Waals surface area contributed by atoms with Gasteiger partial charge in [0.05, 0.1) is 65.9 Å². The molecule has 0 amide bonds. The van der Waals surface area contributed by atoms with Crippen molar-refractivity contribution >= 4 is 150 Å². The number of rotatable bonds is 10. The SMILES string of the molecule is c1ccc(-c2cc(-c3ccccc3)nc(-n3c4ccccc4c4c(-c5ccc6c(c5)c5ccccc5n6-c5ccc6sc7ccccc7c6c5)cccc43)n2)cc1.c1ccc(-c2nc(-c3ccccc3)nc(-n3c4ccccc4c4c(-c5ccc6c(c5)c5ccccc5n6-c5cccc6c5sc5ccccc56)cccc43)n2)cc1. The summed E-state index contributed by atoms with van der Waals surface area (Å²) in [7, 11) is 0. The van der Waals surface area contributed by atoms with Gasteiger partial charge in [0.2, 0.25) is 11.9 Å². The van der Waals surface area contributed by atoms with Gasteiger partial charge in [0.15, 0.2) is 11.6 Å². The van der Waals surface area contributed by atoms with E-state index in [0.29, 0.717) is 23.5 Å². The van der Waals surface area contributed by atoms with Crippen LogP contribution in [-0.4, -0.2) is 43.2 Å². The Bertz CT molecular complexity index is 7860. The Hall–Kier alpha value is -14.8. The van der Waals surface area contributed by atoms with Gasteiger partial charge in [-0.25, -0.2) is 15.0 Å². The summed E-state index contributed by atoms with van der Waals surface area (Å²) in [6.45, 7) is 0. The predicted molar refractivity (Wildman–Crippen MR) is 478 cm³/mol. The van der Waals surface area contributed by atoms with E-state index >= 15 is 0 Å². The Labute approximate surface area is 661 Å². The van der Waals surface area contributed by atoms with Gasteiger partial charge in [-0.2, -0.15) is 9.97 Å². The van der Waals surface area contributed by atoms with Gasteiger partial charge < -0.3 is 9.13 Å². The fraction of sp³-hybridized carbons (Fsp3) is 0. The molecule has 0 fully saturated rings. The zero-order chi connectivity index (χ0) is 74.9. The fourth-order valence-corrected chi connectivity index (χ4v) is 19.8. The quantitative estimate of drug-likeness (QED) is 0.136. The molecule has 0 bridgehead atoms. The molecule has 24 aromatic rings. The number of hydrogen-bond acceptors (Lipinski definition) is 7. The van der Waals surface area contributed by atoms with Crippen molar-refractivity contribution in [3.63, 3.8) is 0 Å². The molecule has 16 aromatic carbocycles. The van der Waals surface area contributed by atoms with Crippen molar-refractivity contribution in [2.24, 2.45) is 0 Å². The molecule has 0 unspecified atom stereocenters. The molecule has 8 heterocycles. The summed E-state index contributed by atoms with van der Waals surface area (Å²) in [5, 5.41) is 14.8. The molecule has 0 aliphatic carbocycles. The first-order valence-electron chi connectivity index (χ1n) is 38.4. The van der Waals surface area contributed by atoms with E-state index in [9.17, 15) is 0 Å². The van der Waals surface area contributed by atoms with Crippen molar-refractivity contribution in [2.45, 2.75) is 0 Å². The summed E-state index contributed by atoms with van der Waals surface area (Å²) in [5.41, 5.74) is 21.8. The Morgan fingerprint density at radius 1 is 0.202 bits per heavy atom. The highest BCUT2D eigenvalue weighted by atomic mass is 32.1. The summed E-state index contributed by atoms with van der Waals surface area (Å²) < 4.78 is 14.5. The summed E-state index contributed by atoms with van der Waals surface area (Å²) in [6, 6.07) is 136. The number of thiophene rings is 2. The van der Waals surface area contributed by atoms with Gasteiger partial charge in [-0.1, -0.05) is 279 Å². The first-order valence-corrected chi connectivity index (χ1v) is 40.0. The van der Waals surface area contributed by atoms with Crippen LogP contribution in [0.15, 0.2) is 382 Å². The lowest BCUT2D eigenvalue weighted by Crippen LogP contribution is -2.06. The monoisotopic (exact) mass is 1490 g/mol. The molecule has 24 rings (SSSR count). The number of nitrogens with zero attached hydrogens (tertiary/aromatic N) is 9. The van der Waals surface area contributed by atoms with E-state index < -0.39 is 0 Å². The van der Waals surface area contributed by atoms with Gasteiger partial charge in [-0.3, -0.25) is 9.13 Å². The number of benzene rings is 16. The summed E-state index contributed by atoms with van der Waals surface area (Å²) in [5.74, 6) is 2.50. The van der Waals surface area contributed by atoms with Crippen LogP contribution in [0.25, 0.3) is 218 Å². The molecule has 11 heteroatoms. The molecule has 0 saturated heterocycles. The van der Waals surface area contributed by atoms with Gasteiger partial charge in [-0.05, 0) is 125 Å². The highest BCUT2D eigenvalue weighted by Gasteiger charge is 2.25.